The van der Waals surface area contributed by atoms with E-state index in [1.807, 2.05) is 30.3 Å². The van der Waals surface area contributed by atoms with E-state index in [9.17, 15) is 14.4 Å². The van der Waals surface area contributed by atoms with E-state index in [1.54, 1.807) is 6.92 Å². The molecule has 0 fully saturated rings. The first-order valence-electron chi connectivity index (χ1n) is 6.30. The molecule has 0 aliphatic carbocycles. The van der Waals surface area contributed by atoms with Crippen LogP contribution in [-0.4, -0.2) is 23.0 Å². The smallest absolute Gasteiger partial charge is 0.321 e. The molecule has 0 heterocycles. The maximum atomic E-state index is 11.5. The number of amides is 3. The number of rotatable bonds is 6. The van der Waals surface area contributed by atoms with E-state index < -0.39 is 17.9 Å². The van der Waals surface area contributed by atoms with Crippen LogP contribution in [0.5, 0.6) is 0 Å². The Balaban J connectivity index is 2.28. The zero-order chi connectivity index (χ0) is 15.0. The topological polar surface area (TPSA) is 95.5 Å². The van der Waals surface area contributed by atoms with Crippen molar-refractivity contribution in [1.29, 1.82) is 0 Å². The molecule has 0 aliphatic rings. The Hall–Kier alpha value is -2.37. The van der Waals surface area contributed by atoms with E-state index in [0.29, 0.717) is 6.54 Å². The van der Waals surface area contributed by atoms with Crippen LogP contribution in [0.1, 0.15) is 25.3 Å². The molecule has 3 amide bonds. The average molecular weight is 278 g/mol. The van der Waals surface area contributed by atoms with Crippen LogP contribution in [0, 0.1) is 5.92 Å². The highest BCUT2D eigenvalue weighted by Gasteiger charge is 2.14. The van der Waals surface area contributed by atoms with Crippen molar-refractivity contribution in [3.63, 3.8) is 0 Å². The first kappa shape index (κ1) is 15.7. The molecule has 0 radical (unpaired) electrons. The summed E-state index contributed by atoms with van der Waals surface area (Å²) in [6, 6.07) is 8.72. The molecule has 0 spiro atoms. The van der Waals surface area contributed by atoms with Gasteiger partial charge in [-0.2, -0.15) is 0 Å². The van der Waals surface area contributed by atoms with Gasteiger partial charge in [-0.15, -0.1) is 0 Å². The molecule has 0 saturated heterocycles. The highest BCUT2D eigenvalue weighted by molar-refractivity contribution is 5.94. The van der Waals surface area contributed by atoms with Crippen LogP contribution in [0.15, 0.2) is 30.3 Å². The van der Waals surface area contributed by atoms with Crippen LogP contribution in [0.4, 0.5) is 4.79 Å². The Morgan fingerprint density at radius 2 is 1.80 bits per heavy atom. The molecule has 6 nitrogen and oxygen atoms in total. The lowest BCUT2D eigenvalue weighted by atomic mass is 10.0. The van der Waals surface area contributed by atoms with Crippen molar-refractivity contribution >= 4 is 17.9 Å². The number of carboxylic acid groups (broad SMARTS) is 1. The number of hydrogen-bond acceptors (Lipinski definition) is 3. The molecule has 1 aromatic carbocycles. The van der Waals surface area contributed by atoms with Crippen molar-refractivity contribution in [3.8, 4) is 0 Å². The molecule has 0 saturated carbocycles. The normalized spacial score (nSPS) is 11.4. The van der Waals surface area contributed by atoms with Crippen molar-refractivity contribution in [3.05, 3.63) is 35.9 Å². The Morgan fingerprint density at radius 3 is 2.40 bits per heavy atom. The molecule has 0 aliphatic heterocycles. The fraction of sp³-hybridized carbons (Fsp3) is 0.357. The standard InChI is InChI=1S/C14H18N2O4/c1-10(8-13(18)19)7-12(17)16-14(20)15-9-11-5-3-2-4-6-11/h2-6,10H,7-9H2,1H3,(H,18,19)(H2,15,16,17,20). The van der Waals surface area contributed by atoms with Gasteiger partial charge >= 0.3 is 12.0 Å². The Kier molecular flexibility index (Phi) is 6.22. The van der Waals surface area contributed by atoms with Gasteiger partial charge in [-0.25, -0.2) is 4.79 Å². The van der Waals surface area contributed by atoms with Gasteiger partial charge in [-0.1, -0.05) is 37.3 Å². The summed E-state index contributed by atoms with van der Waals surface area (Å²) in [4.78, 5) is 33.4. The van der Waals surface area contributed by atoms with E-state index in [0.717, 1.165) is 5.56 Å². The second-order valence-corrected chi connectivity index (χ2v) is 4.62. The summed E-state index contributed by atoms with van der Waals surface area (Å²) in [7, 11) is 0. The van der Waals surface area contributed by atoms with Gasteiger partial charge < -0.3 is 10.4 Å². The number of carbonyl (C=O) groups is 3. The van der Waals surface area contributed by atoms with Gasteiger partial charge in [0.25, 0.3) is 0 Å². The molecule has 6 heteroatoms. The first-order valence-corrected chi connectivity index (χ1v) is 6.30. The maximum Gasteiger partial charge on any atom is 0.321 e. The highest BCUT2D eigenvalue weighted by Crippen LogP contribution is 2.06. The molecule has 0 bridgehead atoms. The minimum absolute atomic E-state index is 0.00502. The number of urea groups is 1. The number of carboxylic acids is 1. The molecule has 1 rings (SSSR count). The third-order valence-electron chi connectivity index (χ3n) is 2.61. The lowest BCUT2D eigenvalue weighted by molar-refractivity contribution is -0.138. The van der Waals surface area contributed by atoms with Gasteiger partial charge in [0.1, 0.15) is 0 Å². The maximum absolute atomic E-state index is 11.5. The van der Waals surface area contributed by atoms with Gasteiger partial charge in [0.2, 0.25) is 5.91 Å². The fourth-order valence-corrected chi connectivity index (χ4v) is 1.69. The minimum atomic E-state index is -0.959. The van der Waals surface area contributed by atoms with Crippen molar-refractivity contribution in [2.45, 2.75) is 26.3 Å². The third-order valence-corrected chi connectivity index (χ3v) is 2.61. The molecular weight excluding hydrogens is 260 g/mol. The molecule has 20 heavy (non-hydrogen) atoms. The third kappa shape index (κ3) is 6.53. The van der Waals surface area contributed by atoms with Gasteiger partial charge in [-0.3, -0.25) is 14.9 Å². The van der Waals surface area contributed by atoms with Crippen LogP contribution >= 0.6 is 0 Å². The predicted octanol–water partition coefficient (Wildman–Crippen LogP) is 1.51. The summed E-state index contributed by atoms with van der Waals surface area (Å²) in [5.41, 5.74) is 0.925. The molecular formula is C14H18N2O4. The highest BCUT2D eigenvalue weighted by atomic mass is 16.4. The van der Waals surface area contributed by atoms with Crippen LogP contribution in [0.2, 0.25) is 0 Å². The van der Waals surface area contributed by atoms with Crippen molar-refractivity contribution < 1.29 is 19.5 Å². The van der Waals surface area contributed by atoms with E-state index in [4.69, 9.17) is 5.11 Å². The molecule has 1 atom stereocenters. The first-order chi connectivity index (χ1) is 9.47. The molecule has 0 aromatic heterocycles. The monoisotopic (exact) mass is 278 g/mol. The second kappa shape index (κ2) is 7.93. The Labute approximate surface area is 117 Å². The van der Waals surface area contributed by atoms with Gasteiger partial charge in [0, 0.05) is 19.4 Å². The van der Waals surface area contributed by atoms with Crippen LogP contribution in [0.3, 0.4) is 0 Å². The summed E-state index contributed by atoms with van der Waals surface area (Å²) < 4.78 is 0. The lowest BCUT2D eigenvalue weighted by Crippen LogP contribution is -2.39. The van der Waals surface area contributed by atoms with E-state index in [-0.39, 0.29) is 18.8 Å². The Morgan fingerprint density at radius 1 is 1.15 bits per heavy atom. The fourth-order valence-electron chi connectivity index (χ4n) is 1.69. The SMILES string of the molecule is CC(CC(=O)O)CC(=O)NC(=O)NCc1ccccc1. The molecule has 3 N–H and O–H groups in total. The quantitative estimate of drug-likeness (QED) is 0.735. The van der Waals surface area contributed by atoms with Crippen molar-refractivity contribution in [2.24, 2.45) is 5.92 Å². The van der Waals surface area contributed by atoms with Crippen LogP contribution in [-0.2, 0) is 16.1 Å². The zero-order valence-corrected chi connectivity index (χ0v) is 11.3. The van der Waals surface area contributed by atoms with Crippen LogP contribution < -0.4 is 10.6 Å². The lowest BCUT2D eigenvalue weighted by Gasteiger charge is -2.09. The Bertz CT molecular complexity index is 473. The minimum Gasteiger partial charge on any atom is -0.481 e. The molecule has 108 valence electrons. The number of benzene rings is 1. The summed E-state index contributed by atoms with van der Waals surface area (Å²) in [6.45, 7) is 1.97. The van der Waals surface area contributed by atoms with Crippen molar-refractivity contribution in [2.75, 3.05) is 0 Å². The number of nitrogens with one attached hydrogen (secondary N) is 2. The van der Waals surface area contributed by atoms with E-state index in [1.165, 1.54) is 0 Å². The van der Waals surface area contributed by atoms with Gasteiger partial charge in [0.05, 0.1) is 0 Å². The summed E-state index contributed by atoms with van der Waals surface area (Å²) in [6.07, 6.45) is -0.0931. The van der Waals surface area contributed by atoms with Crippen LogP contribution in [0.25, 0.3) is 0 Å². The average Bonchev–Trinajstić information content (AvgIpc) is 2.36. The van der Waals surface area contributed by atoms with Gasteiger partial charge in [0.15, 0.2) is 0 Å². The van der Waals surface area contributed by atoms with E-state index >= 15 is 0 Å². The summed E-state index contributed by atoms with van der Waals surface area (Å²) in [5, 5.41) is 13.3. The summed E-state index contributed by atoms with van der Waals surface area (Å²) in [5.74, 6) is -1.75. The molecule has 1 aromatic rings. The number of aliphatic carboxylic acids is 1. The number of imide groups is 1. The second-order valence-electron chi connectivity index (χ2n) is 4.62. The number of hydrogen-bond donors (Lipinski definition) is 3. The van der Waals surface area contributed by atoms with Crippen molar-refractivity contribution in [1.82, 2.24) is 10.6 Å². The predicted molar refractivity (Wildman–Crippen MR) is 72.9 cm³/mol. The van der Waals surface area contributed by atoms with E-state index in [2.05, 4.69) is 10.6 Å². The number of carbonyl (C=O) groups excluding carboxylic acids is 2. The summed E-state index contributed by atoms with van der Waals surface area (Å²) >= 11 is 0. The molecule has 1 unspecified atom stereocenters. The zero-order valence-electron chi connectivity index (χ0n) is 11.3. The largest absolute Gasteiger partial charge is 0.481 e. The van der Waals surface area contributed by atoms with Gasteiger partial charge in [-0.05, 0) is 11.5 Å².